The largest absolute Gasteiger partial charge is 0.310 e. The molecular formula is C16H25F2N. The van der Waals surface area contributed by atoms with E-state index in [2.05, 4.69) is 19.2 Å². The summed E-state index contributed by atoms with van der Waals surface area (Å²) in [5, 5.41) is 3.25. The Bertz CT molecular complexity index is 402. The van der Waals surface area contributed by atoms with Gasteiger partial charge in [-0.3, -0.25) is 0 Å². The van der Waals surface area contributed by atoms with E-state index in [1.807, 2.05) is 6.92 Å². The van der Waals surface area contributed by atoms with Gasteiger partial charge in [-0.2, -0.15) is 0 Å². The van der Waals surface area contributed by atoms with Crippen molar-refractivity contribution in [1.82, 2.24) is 5.32 Å². The van der Waals surface area contributed by atoms with Crippen molar-refractivity contribution < 1.29 is 8.78 Å². The molecule has 1 aromatic carbocycles. The third-order valence-electron chi connectivity index (χ3n) is 3.40. The molecule has 0 aliphatic carbocycles. The van der Waals surface area contributed by atoms with E-state index < -0.39 is 0 Å². The Morgan fingerprint density at radius 3 is 2.37 bits per heavy atom. The third-order valence-corrected chi connectivity index (χ3v) is 3.40. The van der Waals surface area contributed by atoms with Gasteiger partial charge in [0.2, 0.25) is 0 Å². The van der Waals surface area contributed by atoms with Crippen molar-refractivity contribution in [2.75, 3.05) is 6.54 Å². The molecule has 1 atom stereocenters. The van der Waals surface area contributed by atoms with Gasteiger partial charge in [0.05, 0.1) is 0 Å². The third kappa shape index (κ3) is 5.27. The molecule has 1 rings (SSSR count). The molecule has 19 heavy (non-hydrogen) atoms. The second-order valence-corrected chi connectivity index (χ2v) is 5.69. The molecule has 3 heteroatoms. The number of hydrogen-bond donors (Lipinski definition) is 1. The van der Waals surface area contributed by atoms with Crippen LogP contribution in [0.15, 0.2) is 12.1 Å². The Morgan fingerprint density at radius 2 is 1.74 bits per heavy atom. The molecule has 0 bridgehead atoms. The van der Waals surface area contributed by atoms with Crippen molar-refractivity contribution in [2.45, 2.75) is 53.0 Å². The van der Waals surface area contributed by atoms with Crippen molar-refractivity contribution >= 4 is 0 Å². The van der Waals surface area contributed by atoms with Gasteiger partial charge in [0, 0.05) is 11.6 Å². The number of hydrogen-bond acceptors (Lipinski definition) is 1. The average Bonchev–Trinajstić information content (AvgIpc) is 2.32. The molecule has 0 aliphatic heterocycles. The molecular weight excluding hydrogens is 244 g/mol. The lowest BCUT2D eigenvalue weighted by Crippen LogP contribution is -2.21. The molecule has 1 nitrogen and oxygen atoms in total. The van der Waals surface area contributed by atoms with Crippen LogP contribution >= 0.6 is 0 Å². The van der Waals surface area contributed by atoms with Crippen molar-refractivity contribution in [1.29, 1.82) is 0 Å². The van der Waals surface area contributed by atoms with Gasteiger partial charge < -0.3 is 5.32 Å². The standard InChI is InChI=1S/C16H25F2N/c1-11(2)7-5-6-8-19-13(4)14-10-15(17)12(3)9-16(14)18/h9-11,13,19H,5-8H2,1-4H3. The Hall–Kier alpha value is -0.960. The second-order valence-electron chi connectivity index (χ2n) is 5.69. The van der Waals surface area contributed by atoms with Crippen LogP contribution in [0.3, 0.4) is 0 Å². The van der Waals surface area contributed by atoms with Gasteiger partial charge in [-0.05, 0) is 50.4 Å². The number of unbranched alkanes of at least 4 members (excludes halogenated alkanes) is 1. The number of benzene rings is 1. The highest BCUT2D eigenvalue weighted by Crippen LogP contribution is 2.20. The summed E-state index contributed by atoms with van der Waals surface area (Å²) < 4.78 is 27.2. The van der Waals surface area contributed by atoms with E-state index in [0.717, 1.165) is 18.9 Å². The van der Waals surface area contributed by atoms with Crippen LogP contribution in [-0.2, 0) is 0 Å². The molecule has 1 unspecified atom stereocenters. The fourth-order valence-corrected chi connectivity index (χ4v) is 2.10. The molecule has 1 N–H and O–H groups in total. The summed E-state index contributed by atoms with van der Waals surface area (Å²) in [7, 11) is 0. The molecule has 0 fully saturated rings. The number of nitrogens with one attached hydrogen (secondary N) is 1. The summed E-state index contributed by atoms with van der Waals surface area (Å²) in [4.78, 5) is 0. The molecule has 108 valence electrons. The molecule has 0 aliphatic rings. The first-order valence-corrected chi connectivity index (χ1v) is 7.10. The van der Waals surface area contributed by atoms with E-state index >= 15 is 0 Å². The first kappa shape index (κ1) is 16.1. The zero-order chi connectivity index (χ0) is 14.4. The van der Waals surface area contributed by atoms with Crippen molar-refractivity contribution in [3.8, 4) is 0 Å². The molecule has 0 aromatic heterocycles. The van der Waals surface area contributed by atoms with Crippen molar-refractivity contribution in [2.24, 2.45) is 5.92 Å². The van der Waals surface area contributed by atoms with Crippen LogP contribution in [0.2, 0.25) is 0 Å². The fourth-order valence-electron chi connectivity index (χ4n) is 2.10. The minimum absolute atomic E-state index is 0.158. The highest BCUT2D eigenvalue weighted by atomic mass is 19.1. The summed E-state index contributed by atoms with van der Waals surface area (Å²) in [6.45, 7) is 8.70. The second kappa shape index (κ2) is 7.59. The average molecular weight is 269 g/mol. The Balaban J connectivity index is 2.45. The minimum atomic E-state index is -0.343. The maximum absolute atomic E-state index is 13.8. The highest BCUT2D eigenvalue weighted by Gasteiger charge is 2.13. The lowest BCUT2D eigenvalue weighted by atomic mass is 10.0. The first-order valence-electron chi connectivity index (χ1n) is 7.10. The van der Waals surface area contributed by atoms with Crippen molar-refractivity contribution in [3.63, 3.8) is 0 Å². The maximum atomic E-state index is 13.8. The summed E-state index contributed by atoms with van der Waals surface area (Å²) >= 11 is 0. The quantitative estimate of drug-likeness (QED) is 0.704. The summed E-state index contributed by atoms with van der Waals surface area (Å²) in [5.41, 5.74) is 0.761. The zero-order valence-electron chi connectivity index (χ0n) is 12.4. The molecule has 1 aromatic rings. The lowest BCUT2D eigenvalue weighted by Gasteiger charge is -2.16. The van der Waals surface area contributed by atoms with E-state index in [9.17, 15) is 8.78 Å². The predicted molar refractivity (Wildman–Crippen MR) is 76.2 cm³/mol. The Morgan fingerprint density at radius 1 is 1.05 bits per heavy atom. The van der Waals surface area contributed by atoms with Gasteiger partial charge >= 0.3 is 0 Å². The summed E-state index contributed by atoms with van der Waals surface area (Å²) in [6, 6.07) is 2.41. The Labute approximate surface area is 115 Å². The summed E-state index contributed by atoms with van der Waals surface area (Å²) in [5.74, 6) is 0.0481. The van der Waals surface area contributed by atoms with E-state index in [4.69, 9.17) is 0 Å². The van der Waals surface area contributed by atoms with E-state index in [0.29, 0.717) is 11.1 Å². The van der Waals surface area contributed by atoms with Crippen LogP contribution in [0.25, 0.3) is 0 Å². The number of rotatable bonds is 7. The van der Waals surface area contributed by atoms with E-state index in [1.165, 1.54) is 25.0 Å². The highest BCUT2D eigenvalue weighted by molar-refractivity contribution is 5.27. The normalized spacial score (nSPS) is 13.0. The van der Waals surface area contributed by atoms with Gasteiger partial charge in [-0.25, -0.2) is 8.78 Å². The van der Waals surface area contributed by atoms with Crippen LogP contribution in [-0.4, -0.2) is 6.54 Å². The van der Waals surface area contributed by atoms with Crippen molar-refractivity contribution in [3.05, 3.63) is 34.9 Å². The molecule has 0 amide bonds. The number of aryl methyl sites for hydroxylation is 1. The smallest absolute Gasteiger partial charge is 0.128 e. The Kier molecular flexibility index (Phi) is 6.43. The predicted octanol–water partition coefficient (Wildman–Crippen LogP) is 4.75. The lowest BCUT2D eigenvalue weighted by molar-refractivity contribution is 0.483. The van der Waals surface area contributed by atoms with Gasteiger partial charge in [0.1, 0.15) is 11.6 Å². The summed E-state index contributed by atoms with van der Waals surface area (Å²) in [6.07, 6.45) is 3.45. The van der Waals surface area contributed by atoms with Crippen LogP contribution in [0.5, 0.6) is 0 Å². The molecule has 0 saturated carbocycles. The van der Waals surface area contributed by atoms with Crippen LogP contribution in [0.1, 0.15) is 57.2 Å². The van der Waals surface area contributed by atoms with Crippen LogP contribution < -0.4 is 5.32 Å². The topological polar surface area (TPSA) is 12.0 Å². The van der Waals surface area contributed by atoms with Gasteiger partial charge in [0.25, 0.3) is 0 Å². The van der Waals surface area contributed by atoms with Gasteiger partial charge in [-0.1, -0.05) is 26.7 Å². The van der Waals surface area contributed by atoms with Crippen LogP contribution in [0.4, 0.5) is 8.78 Å². The van der Waals surface area contributed by atoms with Gasteiger partial charge in [0.15, 0.2) is 0 Å². The zero-order valence-corrected chi connectivity index (χ0v) is 12.4. The van der Waals surface area contributed by atoms with Crippen LogP contribution in [0, 0.1) is 24.5 Å². The SMILES string of the molecule is Cc1cc(F)c(C(C)NCCCCC(C)C)cc1F. The maximum Gasteiger partial charge on any atom is 0.128 e. The van der Waals surface area contributed by atoms with E-state index in [1.54, 1.807) is 6.92 Å². The van der Waals surface area contributed by atoms with E-state index in [-0.39, 0.29) is 17.7 Å². The number of halogens is 2. The molecule has 0 radical (unpaired) electrons. The van der Waals surface area contributed by atoms with Gasteiger partial charge in [-0.15, -0.1) is 0 Å². The molecule has 0 saturated heterocycles. The first-order chi connectivity index (χ1) is 8.91. The molecule has 0 spiro atoms. The molecule has 0 heterocycles. The monoisotopic (exact) mass is 269 g/mol. The fraction of sp³-hybridized carbons (Fsp3) is 0.625. The minimum Gasteiger partial charge on any atom is -0.310 e.